The highest BCUT2D eigenvalue weighted by Crippen LogP contribution is 2.27. The van der Waals surface area contributed by atoms with Gasteiger partial charge in [0.15, 0.2) is 0 Å². The van der Waals surface area contributed by atoms with Crippen molar-refractivity contribution in [3.8, 4) is 5.75 Å². The molecule has 0 fully saturated rings. The van der Waals surface area contributed by atoms with Crippen molar-refractivity contribution in [1.82, 2.24) is 0 Å². The van der Waals surface area contributed by atoms with E-state index in [4.69, 9.17) is 10.5 Å². The number of hydrogen-bond donors (Lipinski definition) is 1. The van der Waals surface area contributed by atoms with Gasteiger partial charge in [-0.3, -0.25) is 0 Å². The summed E-state index contributed by atoms with van der Waals surface area (Å²) in [5, 5.41) is 0. The van der Waals surface area contributed by atoms with E-state index in [9.17, 15) is 0 Å². The van der Waals surface area contributed by atoms with Crippen molar-refractivity contribution in [3.05, 3.63) is 29.3 Å². The van der Waals surface area contributed by atoms with E-state index in [1.165, 1.54) is 11.1 Å². The molecule has 2 atom stereocenters. The van der Waals surface area contributed by atoms with Crippen molar-refractivity contribution >= 4 is 0 Å². The monoisotopic (exact) mass is 263 g/mol. The molecule has 2 N–H and O–H groups in total. The largest absolute Gasteiger partial charge is 0.492 e. The molecule has 0 spiro atoms. The van der Waals surface area contributed by atoms with Gasteiger partial charge in [0.1, 0.15) is 12.4 Å². The Morgan fingerprint density at radius 2 is 1.89 bits per heavy atom. The van der Waals surface area contributed by atoms with Crippen LogP contribution in [0.2, 0.25) is 0 Å². The summed E-state index contributed by atoms with van der Waals surface area (Å²) in [6.45, 7) is 13.7. The summed E-state index contributed by atoms with van der Waals surface area (Å²) in [7, 11) is 0. The summed E-state index contributed by atoms with van der Waals surface area (Å²) < 4.78 is 5.86. The van der Waals surface area contributed by atoms with Crippen LogP contribution in [-0.2, 0) is 5.41 Å². The molecule has 1 aromatic carbocycles. The maximum absolute atomic E-state index is 6.10. The fourth-order valence-electron chi connectivity index (χ4n) is 1.93. The van der Waals surface area contributed by atoms with Crippen molar-refractivity contribution in [2.24, 2.45) is 11.7 Å². The Bertz CT molecular complexity index is 406. The summed E-state index contributed by atoms with van der Waals surface area (Å²) in [6.07, 6.45) is 1.09. The van der Waals surface area contributed by atoms with Crippen molar-refractivity contribution < 1.29 is 4.74 Å². The van der Waals surface area contributed by atoms with Crippen LogP contribution in [0, 0.1) is 12.8 Å². The molecule has 0 aliphatic rings. The van der Waals surface area contributed by atoms with Crippen molar-refractivity contribution in [2.75, 3.05) is 6.61 Å². The number of hydrogen-bond acceptors (Lipinski definition) is 2. The average molecular weight is 263 g/mol. The first-order valence-corrected chi connectivity index (χ1v) is 7.25. The van der Waals surface area contributed by atoms with E-state index in [2.05, 4.69) is 59.7 Å². The van der Waals surface area contributed by atoms with E-state index >= 15 is 0 Å². The molecule has 19 heavy (non-hydrogen) atoms. The van der Waals surface area contributed by atoms with Gasteiger partial charge in [0.25, 0.3) is 0 Å². The molecule has 0 saturated carbocycles. The van der Waals surface area contributed by atoms with Crippen LogP contribution in [-0.4, -0.2) is 12.6 Å². The molecule has 0 saturated heterocycles. The van der Waals surface area contributed by atoms with Crippen LogP contribution in [0.1, 0.15) is 52.2 Å². The van der Waals surface area contributed by atoms with E-state index in [1.54, 1.807) is 0 Å². The van der Waals surface area contributed by atoms with Gasteiger partial charge in [-0.15, -0.1) is 0 Å². The zero-order chi connectivity index (χ0) is 14.6. The van der Waals surface area contributed by atoms with Crippen LogP contribution in [0.25, 0.3) is 0 Å². The second kappa shape index (κ2) is 6.42. The number of benzene rings is 1. The lowest BCUT2D eigenvalue weighted by Crippen LogP contribution is -2.34. The SMILES string of the molecule is CCC(C)C(N)COc1ccc(C(C)(C)C)cc1C. The Kier molecular flexibility index (Phi) is 5.42. The van der Waals surface area contributed by atoms with E-state index < -0.39 is 0 Å². The first-order chi connectivity index (χ1) is 8.75. The van der Waals surface area contributed by atoms with Gasteiger partial charge in [0.2, 0.25) is 0 Å². The first-order valence-electron chi connectivity index (χ1n) is 7.25. The Hall–Kier alpha value is -1.02. The van der Waals surface area contributed by atoms with Crippen LogP contribution >= 0.6 is 0 Å². The highest BCUT2D eigenvalue weighted by Gasteiger charge is 2.16. The average Bonchev–Trinajstić information content (AvgIpc) is 2.34. The number of rotatable bonds is 5. The third-order valence-electron chi connectivity index (χ3n) is 3.85. The summed E-state index contributed by atoms with van der Waals surface area (Å²) in [6, 6.07) is 6.53. The lowest BCUT2D eigenvalue weighted by atomic mass is 9.86. The van der Waals surface area contributed by atoms with Crippen LogP contribution < -0.4 is 10.5 Å². The Labute approximate surface area is 118 Å². The molecular formula is C17H29NO. The summed E-state index contributed by atoms with van der Waals surface area (Å²) >= 11 is 0. The molecule has 2 unspecified atom stereocenters. The van der Waals surface area contributed by atoms with Crippen LogP contribution in [0.15, 0.2) is 18.2 Å². The molecule has 0 amide bonds. The Morgan fingerprint density at radius 1 is 1.26 bits per heavy atom. The molecule has 2 heteroatoms. The van der Waals surface area contributed by atoms with Crippen LogP contribution in [0.4, 0.5) is 0 Å². The molecule has 0 radical (unpaired) electrons. The highest BCUT2D eigenvalue weighted by atomic mass is 16.5. The van der Waals surface area contributed by atoms with Gasteiger partial charge < -0.3 is 10.5 Å². The van der Waals surface area contributed by atoms with Crippen molar-refractivity contribution in [3.63, 3.8) is 0 Å². The Morgan fingerprint density at radius 3 is 2.37 bits per heavy atom. The Balaban J connectivity index is 2.71. The third-order valence-corrected chi connectivity index (χ3v) is 3.85. The van der Waals surface area contributed by atoms with E-state index in [-0.39, 0.29) is 11.5 Å². The third kappa shape index (κ3) is 4.54. The fourth-order valence-corrected chi connectivity index (χ4v) is 1.93. The normalized spacial score (nSPS) is 15.1. The standard InChI is InChI=1S/C17H29NO/c1-7-12(2)15(18)11-19-16-9-8-14(10-13(16)3)17(4,5)6/h8-10,12,15H,7,11,18H2,1-6H3. The molecule has 0 aliphatic carbocycles. The number of aryl methyl sites for hydroxylation is 1. The van der Waals surface area contributed by atoms with E-state index in [0.29, 0.717) is 12.5 Å². The predicted octanol–water partition coefficient (Wildman–Crippen LogP) is 4.04. The quantitative estimate of drug-likeness (QED) is 0.870. The fraction of sp³-hybridized carbons (Fsp3) is 0.647. The molecule has 108 valence electrons. The van der Waals surface area contributed by atoms with Crippen molar-refractivity contribution in [1.29, 1.82) is 0 Å². The highest BCUT2D eigenvalue weighted by molar-refractivity contribution is 5.38. The van der Waals surface area contributed by atoms with Gasteiger partial charge in [0, 0.05) is 6.04 Å². The first kappa shape index (κ1) is 16.0. The smallest absolute Gasteiger partial charge is 0.122 e. The molecule has 0 aliphatic heterocycles. The van der Waals surface area contributed by atoms with Gasteiger partial charge in [-0.2, -0.15) is 0 Å². The minimum absolute atomic E-state index is 0.103. The zero-order valence-corrected chi connectivity index (χ0v) is 13.3. The molecular weight excluding hydrogens is 234 g/mol. The maximum atomic E-state index is 6.10. The second-order valence-corrected chi connectivity index (χ2v) is 6.59. The molecule has 0 aromatic heterocycles. The number of ether oxygens (including phenoxy) is 1. The minimum Gasteiger partial charge on any atom is -0.492 e. The minimum atomic E-state index is 0.103. The molecule has 0 bridgehead atoms. The van der Waals surface area contributed by atoms with Gasteiger partial charge in [-0.25, -0.2) is 0 Å². The summed E-state index contributed by atoms with van der Waals surface area (Å²) in [5.74, 6) is 1.45. The van der Waals surface area contributed by atoms with Crippen molar-refractivity contribution in [2.45, 2.75) is 59.4 Å². The van der Waals surface area contributed by atoms with Gasteiger partial charge >= 0.3 is 0 Å². The second-order valence-electron chi connectivity index (χ2n) is 6.59. The lowest BCUT2D eigenvalue weighted by Gasteiger charge is -2.22. The van der Waals surface area contributed by atoms with Gasteiger partial charge in [-0.05, 0) is 35.4 Å². The zero-order valence-electron chi connectivity index (χ0n) is 13.3. The van der Waals surface area contributed by atoms with E-state index in [0.717, 1.165) is 12.2 Å². The summed E-state index contributed by atoms with van der Waals surface area (Å²) in [5.41, 5.74) is 8.80. The summed E-state index contributed by atoms with van der Waals surface area (Å²) in [4.78, 5) is 0. The molecule has 1 rings (SSSR count). The molecule has 1 aromatic rings. The lowest BCUT2D eigenvalue weighted by molar-refractivity contribution is 0.249. The molecule has 2 nitrogen and oxygen atoms in total. The number of nitrogens with two attached hydrogens (primary N) is 1. The van der Waals surface area contributed by atoms with Gasteiger partial charge in [0.05, 0.1) is 0 Å². The topological polar surface area (TPSA) is 35.2 Å². The molecule has 0 heterocycles. The van der Waals surface area contributed by atoms with E-state index in [1.807, 2.05) is 0 Å². The van der Waals surface area contributed by atoms with Gasteiger partial charge in [-0.1, -0.05) is 53.2 Å². The van der Waals surface area contributed by atoms with Crippen LogP contribution in [0.3, 0.4) is 0 Å². The van der Waals surface area contributed by atoms with Crippen LogP contribution in [0.5, 0.6) is 5.75 Å². The predicted molar refractivity (Wildman–Crippen MR) is 82.8 cm³/mol. The maximum Gasteiger partial charge on any atom is 0.122 e.